The van der Waals surface area contributed by atoms with Gasteiger partial charge in [-0.1, -0.05) is 12.8 Å². The van der Waals surface area contributed by atoms with Gasteiger partial charge in [-0.3, -0.25) is 0 Å². The molecule has 4 nitrogen and oxygen atoms in total. The molecule has 0 bridgehead atoms. The van der Waals surface area contributed by atoms with E-state index in [1.54, 1.807) is 12.4 Å². The number of hydrogen-bond donors (Lipinski definition) is 1. The Hall–Kier alpha value is -1.33. The van der Waals surface area contributed by atoms with Gasteiger partial charge in [-0.2, -0.15) is 10.2 Å². The van der Waals surface area contributed by atoms with Crippen molar-refractivity contribution >= 4 is 11.3 Å². The lowest BCUT2D eigenvalue weighted by atomic mass is 9.74. The average molecular weight is 261 g/mol. The Morgan fingerprint density at radius 2 is 2.28 bits per heavy atom. The third-order valence-corrected chi connectivity index (χ3v) is 4.57. The van der Waals surface area contributed by atoms with Crippen molar-refractivity contribution in [1.29, 1.82) is 0 Å². The van der Waals surface area contributed by atoms with Gasteiger partial charge in [0.2, 0.25) is 0 Å². The van der Waals surface area contributed by atoms with Crippen molar-refractivity contribution in [3.05, 3.63) is 40.6 Å². The second-order valence-electron chi connectivity index (χ2n) is 4.71. The molecule has 2 aromatic rings. The van der Waals surface area contributed by atoms with Crippen LogP contribution in [0.3, 0.4) is 0 Å². The van der Waals surface area contributed by atoms with Gasteiger partial charge in [0.25, 0.3) is 0 Å². The van der Waals surface area contributed by atoms with Gasteiger partial charge in [-0.15, -0.1) is 11.3 Å². The highest BCUT2D eigenvalue weighted by Crippen LogP contribution is 2.47. The fraction of sp³-hybridized carbons (Fsp3) is 0.462. The van der Waals surface area contributed by atoms with Crippen molar-refractivity contribution in [1.82, 2.24) is 15.2 Å². The number of thiazole rings is 1. The molecule has 18 heavy (non-hydrogen) atoms. The highest BCUT2D eigenvalue weighted by molar-refractivity contribution is 7.09. The Balaban J connectivity index is 2.01. The first kappa shape index (κ1) is 11.7. The fourth-order valence-electron chi connectivity index (χ4n) is 2.74. The van der Waals surface area contributed by atoms with Crippen LogP contribution in [0.5, 0.6) is 0 Å². The molecule has 0 saturated heterocycles. The van der Waals surface area contributed by atoms with Gasteiger partial charge in [0, 0.05) is 23.7 Å². The second kappa shape index (κ2) is 4.74. The summed E-state index contributed by atoms with van der Waals surface area (Å²) in [7, 11) is 0. The van der Waals surface area contributed by atoms with Crippen molar-refractivity contribution in [2.75, 3.05) is 0 Å². The molecule has 2 aromatic heterocycles. The first-order valence-electron chi connectivity index (χ1n) is 6.20. The molecule has 1 fully saturated rings. The van der Waals surface area contributed by atoms with Gasteiger partial charge in [0.05, 0.1) is 5.69 Å². The Morgan fingerprint density at radius 3 is 3.00 bits per heavy atom. The number of rotatable bonds is 2. The van der Waals surface area contributed by atoms with E-state index >= 15 is 0 Å². The van der Waals surface area contributed by atoms with Crippen LogP contribution in [-0.2, 0) is 5.60 Å². The molecule has 0 aromatic carbocycles. The summed E-state index contributed by atoms with van der Waals surface area (Å²) in [6.07, 6.45) is 7.26. The maximum absolute atomic E-state index is 11.0. The lowest BCUT2D eigenvalue weighted by Crippen LogP contribution is -2.36. The highest BCUT2D eigenvalue weighted by atomic mass is 32.1. The summed E-state index contributed by atoms with van der Waals surface area (Å²) in [4.78, 5) is 4.31. The molecule has 0 radical (unpaired) electrons. The van der Waals surface area contributed by atoms with Crippen LogP contribution >= 0.6 is 11.3 Å². The minimum atomic E-state index is -0.873. The Bertz CT molecular complexity index is 502. The van der Waals surface area contributed by atoms with Crippen molar-refractivity contribution < 1.29 is 5.11 Å². The van der Waals surface area contributed by atoms with E-state index in [9.17, 15) is 5.11 Å². The molecule has 5 heteroatoms. The molecule has 2 heterocycles. The predicted octanol–water partition coefficient (Wildman–Crippen LogP) is 2.48. The number of aromatic nitrogens is 3. The van der Waals surface area contributed by atoms with Gasteiger partial charge in [0.1, 0.15) is 10.6 Å². The highest BCUT2D eigenvalue weighted by Gasteiger charge is 2.44. The topological polar surface area (TPSA) is 58.9 Å². The summed E-state index contributed by atoms with van der Waals surface area (Å²) < 4.78 is 0. The van der Waals surface area contributed by atoms with Crippen molar-refractivity contribution in [2.24, 2.45) is 0 Å². The SMILES string of the molecule is OC1(c2nccs2)CCCCC1c1cccnn1. The van der Waals surface area contributed by atoms with Crippen LogP contribution in [0.15, 0.2) is 29.9 Å². The minimum Gasteiger partial charge on any atom is -0.382 e. The standard InChI is InChI=1S/C13H15N3OS/c17-13(12-14-8-9-18-12)6-2-1-4-10(13)11-5-3-7-15-16-11/h3,5,7-10,17H,1-2,4,6H2. The zero-order valence-corrected chi connectivity index (χ0v) is 10.8. The summed E-state index contributed by atoms with van der Waals surface area (Å²) in [5.41, 5.74) is -0.00229. The molecular formula is C13H15N3OS. The van der Waals surface area contributed by atoms with Crippen LogP contribution in [-0.4, -0.2) is 20.3 Å². The Kier molecular flexibility index (Phi) is 3.09. The normalized spacial score (nSPS) is 28.2. The average Bonchev–Trinajstić information content (AvgIpc) is 2.95. The molecule has 1 N–H and O–H groups in total. The predicted molar refractivity (Wildman–Crippen MR) is 69.3 cm³/mol. The summed E-state index contributed by atoms with van der Waals surface area (Å²) in [6, 6.07) is 3.82. The minimum absolute atomic E-state index is 0.00565. The molecule has 1 aliphatic carbocycles. The van der Waals surface area contributed by atoms with E-state index in [1.807, 2.05) is 17.5 Å². The zero-order valence-electron chi connectivity index (χ0n) is 9.99. The molecular weight excluding hydrogens is 246 g/mol. The van der Waals surface area contributed by atoms with Gasteiger partial charge in [0.15, 0.2) is 0 Å². The van der Waals surface area contributed by atoms with E-state index in [0.717, 1.165) is 36.4 Å². The third-order valence-electron chi connectivity index (χ3n) is 3.63. The molecule has 0 amide bonds. The number of aliphatic hydroxyl groups is 1. The summed E-state index contributed by atoms with van der Waals surface area (Å²) in [5.74, 6) is 0.00565. The maximum atomic E-state index is 11.0. The molecule has 94 valence electrons. The van der Waals surface area contributed by atoms with Gasteiger partial charge in [-0.05, 0) is 25.0 Å². The van der Waals surface area contributed by atoms with E-state index in [0.29, 0.717) is 0 Å². The van der Waals surface area contributed by atoms with E-state index in [2.05, 4.69) is 15.2 Å². The van der Waals surface area contributed by atoms with Crippen molar-refractivity contribution in [2.45, 2.75) is 37.2 Å². The molecule has 2 unspecified atom stereocenters. The quantitative estimate of drug-likeness (QED) is 0.902. The van der Waals surface area contributed by atoms with Gasteiger partial charge >= 0.3 is 0 Å². The van der Waals surface area contributed by atoms with Crippen molar-refractivity contribution in [3.8, 4) is 0 Å². The van der Waals surface area contributed by atoms with Crippen LogP contribution in [0.2, 0.25) is 0 Å². The largest absolute Gasteiger partial charge is 0.382 e. The van der Waals surface area contributed by atoms with E-state index in [1.165, 1.54) is 11.3 Å². The smallest absolute Gasteiger partial charge is 0.125 e. The van der Waals surface area contributed by atoms with E-state index < -0.39 is 5.60 Å². The van der Waals surface area contributed by atoms with E-state index in [4.69, 9.17) is 0 Å². The summed E-state index contributed by atoms with van der Waals surface area (Å²) >= 11 is 1.52. The number of nitrogens with zero attached hydrogens (tertiary/aromatic N) is 3. The van der Waals surface area contributed by atoms with Gasteiger partial charge < -0.3 is 5.11 Å². The Labute approximate surface area is 110 Å². The van der Waals surface area contributed by atoms with Crippen molar-refractivity contribution in [3.63, 3.8) is 0 Å². The fourth-order valence-corrected chi connectivity index (χ4v) is 3.56. The molecule has 2 atom stereocenters. The van der Waals surface area contributed by atoms with Crippen LogP contribution < -0.4 is 0 Å². The first-order chi connectivity index (χ1) is 8.81. The van der Waals surface area contributed by atoms with Crippen LogP contribution in [0.1, 0.15) is 42.3 Å². The van der Waals surface area contributed by atoms with Crippen LogP contribution in [0.25, 0.3) is 0 Å². The summed E-state index contributed by atoms with van der Waals surface area (Å²) in [5, 5.41) is 21.8. The van der Waals surface area contributed by atoms with Crippen LogP contribution in [0, 0.1) is 0 Å². The zero-order chi connectivity index (χ0) is 12.4. The van der Waals surface area contributed by atoms with Gasteiger partial charge in [-0.25, -0.2) is 4.98 Å². The maximum Gasteiger partial charge on any atom is 0.125 e. The lowest BCUT2D eigenvalue weighted by molar-refractivity contribution is -0.0241. The Morgan fingerprint density at radius 1 is 1.33 bits per heavy atom. The first-order valence-corrected chi connectivity index (χ1v) is 7.08. The molecule has 1 aliphatic rings. The molecule has 3 rings (SSSR count). The molecule has 0 spiro atoms. The monoisotopic (exact) mass is 261 g/mol. The second-order valence-corrected chi connectivity index (χ2v) is 5.60. The summed E-state index contributed by atoms with van der Waals surface area (Å²) in [6.45, 7) is 0. The molecule has 0 aliphatic heterocycles. The van der Waals surface area contributed by atoms with Crippen LogP contribution in [0.4, 0.5) is 0 Å². The molecule has 1 saturated carbocycles. The third kappa shape index (κ3) is 1.93. The lowest BCUT2D eigenvalue weighted by Gasteiger charge is -2.37. The van der Waals surface area contributed by atoms with E-state index in [-0.39, 0.29) is 5.92 Å². The number of hydrogen-bond acceptors (Lipinski definition) is 5.